The Hall–Kier alpha value is -3.15. The lowest BCUT2D eigenvalue weighted by Crippen LogP contribution is -2.43. The molecule has 25 heavy (non-hydrogen) atoms. The van der Waals surface area contributed by atoms with Gasteiger partial charge in [0.2, 0.25) is 11.8 Å². The summed E-state index contributed by atoms with van der Waals surface area (Å²) in [6, 6.07) is 15.7. The van der Waals surface area contributed by atoms with E-state index in [0.717, 1.165) is 11.1 Å². The molecule has 0 fully saturated rings. The maximum absolute atomic E-state index is 12.1. The predicted octanol–water partition coefficient (Wildman–Crippen LogP) is 2.02. The van der Waals surface area contributed by atoms with E-state index in [1.165, 1.54) is 6.92 Å². The fourth-order valence-electron chi connectivity index (χ4n) is 2.32. The first kappa shape index (κ1) is 18.2. The maximum Gasteiger partial charge on any atom is 0.269 e. The van der Waals surface area contributed by atoms with Crippen LogP contribution in [0.3, 0.4) is 0 Å². The summed E-state index contributed by atoms with van der Waals surface area (Å²) in [5.41, 5.74) is 7.07. The number of hydrazine groups is 1. The van der Waals surface area contributed by atoms with E-state index in [4.69, 9.17) is 0 Å². The number of amides is 3. The number of benzene rings is 2. The standard InChI is InChI=1S/C19H21N3O3/c1-13-8-10-16(11-9-13)19(25)22-21-18(24)12-17(20-14(2)23)15-6-4-3-5-7-15/h3-11,17H,12H2,1-2H3,(H,20,23)(H,21,24)(H,22,25)/t17-/m0/s1. The second-order valence-corrected chi connectivity index (χ2v) is 5.74. The van der Waals surface area contributed by atoms with Gasteiger partial charge in [-0.05, 0) is 24.6 Å². The van der Waals surface area contributed by atoms with Crippen LogP contribution in [-0.2, 0) is 9.59 Å². The van der Waals surface area contributed by atoms with Crippen molar-refractivity contribution in [3.8, 4) is 0 Å². The fourth-order valence-corrected chi connectivity index (χ4v) is 2.32. The monoisotopic (exact) mass is 339 g/mol. The van der Waals surface area contributed by atoms with E-state index in [2.05, 4.69) is 16.2 Å². The molecular weight excluding hydrogens is 318 g/mol. The summed E-state index contributed by atoms with van der Waals surface area (Å²) >= 11 is 0. The van der Waals surface area contributed by atoms with Crippen molar-refractivity contribution in [2.24, 2.45) is 0 Å². The number of hydrogen-bond donors (Lipinski definition) is 3. The van der Waals surface area contributed by atoms with Gasteiger partial charge in [-0.1, -0.05) is 48.0 Å². The highest BCUT2D eigenvalue weighted by Gasteiger charge is 2.17. The van der Waals surface area contributed by atoms with Crippen LogP contribution in [0.4, 0.5) is 0 Å². The number of carbonyl (C=O) groups excluding carboxylic acids is 3. The molecule has 0 aliphatic heterocycles. The summed E-state index contributed by atoms with van der Waals surface area (Å²) in [5, 5.41) is 2.74. The largest absolute Gasteiger partial charge is 0.349 e. The molecule has 0 heterocycles. The van der Waals surface area contributed by atoms with Crippen LogP contribution in [0.25, 0.3) is 0 Å². The number of rotatable bonds is 5. The molecule has 0 bridgehead atoms. The summed E-state index contributed by atoms with van der Waals surface area (Å²) in [7, 11) is 0. The van der Waals surface area contributed by atoms with Crippen LogP contribution in [0.2, 0.25) is 0 Å². The number of carbonyl (C=O) groups is 3. The van der Waals surface area contributed by atoms with Crippen LogP contribution in [0.5, 0.6) is 0 Å². The van der Waals surface area contributed by atoms with Crippen molar-refractivity contribution >= 4 is 17.7 Å². The van der Waals surface area contributed by atoms with Crippen molar-refractivity contribution in [1.29, 1.82) is 0 Å². The van der Waals surface area contributed by atoms with Crippen LogP contribution in [0.1, 0.15) is 40.9 Å². The van der Waals surface area contributed by atoms with E-state index in [9.17, 15) is 14.4 Å². The van der Waals surface area contributed by atoms with Crippen molar-refractivity contribution in [3.63, 3.8) is 0 Å². The normalized spacial score (nSPS) is 11.3. The zero-order chi connectivity index (χ0) is 18.2. The minimum atomic E-state index is -0.463. The number of aryl methyl sites for hydroxylation is 1. The Morgan fingerprint density at radius 1 is 0.920 bits per heavy atom. The molecule has 0 radical (unpaired) electrons. The van der Waals surface area contributed by atoms with Crippen molar-refractivity contribution in [2.75, 3.05) is 0 Å². The highest BCUT2D eigenvalue weighted by atomic mass is 16.2. The minimum absolute atomic E-state index is 0.0117. The van der Waals surface area contributed by atoms with E-state index in [1.807, 2.05) is 49.4 Å². The third-order valence-corrected chi connectivity index (χ3v) is 3.60. The summed E-state index contributed by atoms with van der Waals surface area (Å²) < 4.78 is 0. The summed E-state index contributed by atoms with van der Waals surface area (Å²) in [6.45, 7) is 3.32. The van der Waals surface area contributed by atoms with E-state index in [1.54, 1.807) is 12.1 Å². The van der Waals surface area contributed by atoms with Gasteiger partial charge in [-0.3, -0.25) is 25.2 Å². The van der Waals surface area contributed by atoms with Crippen molar-refractivity contribution in [3.05, 3.63) is 71.3 Å². The van der Waals surface area contributed by atoms with E-state index < -0.39 is 17.9 Å². The molecule has 130 valence electrons. The van der Waals surface area contributed by atoms with Crippen LogP contribution >= 0.6 is 0 Å². The number of hydrogen-bond acceptors (Lipinski definition) is 3. The number of nitrogens with one attached hydrogen (secondary N) is 3. The summed E-state index contributed by atoms with van der Waals surface area (Å²) in [5.74, 6) is -1.03. The van der Waals surface area contributed by atoms with E-state index in [0.29, 0.717) is 5.56 Å². The molecule has 3 amide bonds. The molecule has 2 rings (SSSR count). The topological polar surface area (TPSA) is 87.3 Å². The lowest BCUT2D eigenvalue weighted by atomic mass is 10.0. The van der Waals surface area contributed by atoms with Gasteiger partial charge in [0.15, 0.2) is 0 Å². The molecule has 1 atom stereocenters. The van der Waals surface area contributed by atoms with Gasteiger partial charge in [-0.2, -0.15) is 0 Å². The highest BCUT2D eigenvalue weighted by Crippen LogP contribution is 2.16. The lowest BCUT2D eigenvalue weighted by molar-refractivity contribution is -0.123. The Labute approximate surface area is 146 Å². The fraction of sp³-hybridized carbons (Fsp3) is 0.211. The van der Waals surface area contributed by atoms with Crippen LogP contribution in [-0.4, -0.2) is 17.7 Å². The Balaban J connectivity index is 1.93. The molecular formula is C19H21N3O3. The Kier molecular flexibility index (Phi) is 6.28. The summed E-state index contributed by atoms with van der Waals surface area (Å²) in [4.78, 5) is 35.5. The predicted molar refractivity (Wildman–Crippen MR) is 94.4 cm³/mol. The first-order chi connectivity index (χ1) is 12.0. The van der Waals surface area contributed by atoms with Gasteiger partial charge in [0.1, 0.15) is 0 Å². The Morgan fingerprint density at radius 2 is 1.56 bits per heavy atom. The third kappa shape index (κ3) is 5.76. The zero-order valence-corrected chi connectivity index (χ0v) is 14.2. The first-order valence-electron chi connectivity index (χ1n) is 7.93. The lowest BCUT2D eigenvalue weighted by Gasteiger charge is -2.18. The van der Waals surface area contributed by atoms with Gasteiger partial charge in [0.25, 0.3) is 5.91 Å². The Morgan fingerprint density at radius 3 is 2.16 bits per heavy atom. The molecule has 0 aliphatic rings. The van der Waals surface area contributed by atoms with Gasteiger partial charge in [-0.15, -0.1) is 0 Å². The van der Waals surface area contributed by atoms with Gasteiger partial charge in [-0.25, -0.2) is 0 Å². The van der Waals surface area contributed by atoms with Crippen LogP contribution in [0.15, 0.2) is 54.6 Å². The highest BCUT2D eigenvalue weighted by molar-refractivity contribution is 5.95. The molecule has 0 saturated carbocycles. The molecule has 0 unspecified atom stereocenters. The SMILES string of the molecule is CC(=O)N[C@@H](CC(=O)NNC(=O)c1ccc(C)cc1)c1ccccc1. The second-order valence-electron chi connectivity index (χ2n) is 5.74. The first-order valence-corrected chi connectivity index (χ1v) is 7.93. The Bertz CT molecular complexity index is 742. The van der Waals surface area contributed by atoms with Gasteiger partial charge in [0.05, 0.1) is 12.5 Å². The quantitative estimate of drug-likeness (QED) is 0.728. The van der Waals surface area contributed by atoms with E-state index in [-0.39, 0.29) is 12.3 Å². The molecule has 3 N–H and O–H groups in total. The molecule has 6 heteroatoms. The minimum Gasteiger partial charge on any atom is -0.349 e. The third-order valence-electron chi connectivity index (χ3n) is 3.60. The van der Waals surface area contributed by atoms with Crippen molar-refractivity contribution in [1.82, 2.24) is 16.2 Å². The van der Waals surface area contributed by atoms with Crippen LogP contribution in [0, 0.1) is 6.92 Å². The molecule has 0 aromatic heterocycles. The molecule has 2 aromatic carbocycles. The molecule has 0 spiro atoms. The average molecular weight is 339 g/mol. The zero-order valence-electron chi connectivity index (χ0n) is 14.2. The summed E-state index contributed by atoms with van der Waals surface area (Å²) in [6.07, 6.45) is 0.0117. The van der Waals surface area contributed by atoms with Gasteiger partial charge in [0, 0.05) is 12.5 Å². The second kappa shape index (κ2) is 8.63. The van der Waals surface area contributed by atoms with Gasteiger partial charge >= 0.3 is 0 Å². The average Bonchev–Trinajstić information content (AvgIpc) is 2.60. The van der Waals surface area contributed by atoms with E-state index >= 15 is 0 Å². The molecule has 6 nitrogen and oxygen atoms in total. The molecule has 2 aromatic rings. The molecule has 0 aliphatic carbocycles. The smallest absolute Gasteiger partial charge is 0.269 e. The van der Waals surface area contributed by atoms with Crippen LogP contribution < -0.4 is 16.2 Å². The van der Waals surface area contributed by atoms with Crippen molar-refractivity contribution < 1.29 is 14.4 Å². The molecule has 0 saturated heterocycles. The maximum atomic E-state index is 12.1. The van der Waals surface area contributed by atoms with Gasteiger partial charge < -0.3 is 5.32 Å². The van der Waals surface area contributed by atoms with Crippen molar-refractivity contribution in [2.45, 2.75) is 26.3 Å².